The molecule has 1 aromatic heterocycles. The summed E-state index contributed by atoms with van der Waals surface area (Å²) in [5.41, 5.74) is -3.50. The lowest BCUT2D eigenvalue weighted by molar-refractivity contribution is -0.137. The predicted molar refractivity (Wildman–Crippen MR) is 118 cm³/mol. The number of aromatic nitrogens is 2. The molecular weight excluding hydrogens is 453 g/mol. The highest BCUT2D eigenvalue weighted by atomic mass is 19.4. The van der Waals surface area contributed by atoms with Crippen LogP contribution in [0.15, 0.2) is 65.6 Å². The molecule has 0 bridgehead atoms. The number of carbonyl (C=O) groups is 2. The summed E-state index contributed by atoms with van der Waals surface area (Å²) in [5, 5.41) is 9.00. The zero-order chi connectivity index (χ0) is 25.1. The molecule has 3 aromatic rings. The number of nitrogens with zero attached hydrogens (tertiary/aromatic N) is 2. The van der Waals surface area contributed by atoms with Crippen LogP contribution in [0.1, 0.15) is 29.9 Å². The minimum atomic E-state index is -4.60. The molecule has 0 unspecified atom stereocenters. The Labute approximate surface area is 192 Å². The molecule has 8 nitrogen and oxygen atoms in total. The van der Waals surface area contributed by atoms with Crippen LogP contribution in [0, 0.1) is 0 Å². The fourth-order valence-electron chi connectivity index (χ4n) is 2.93. The lowest BCUT2D eigenvalue weighted by Gasteiger charge is -2.25. The molecule has 3 rings (SSSR count). The minimum Gasteiger partial charge on any atom is -0.491 e. The Morgan fingerprint density at radius 2 is 1.71 bits per heavy atom. The van der Waals surface area contributed by atoms with E-state index in [1.807, 2.05) is 0 Å². The third-order valence-electron chi connectivity index (χ3n) is 4.78. The number of rotatable bonds is 6. The van der Waals surface area contributed by atoms with Gasteiger partial charge in [-0.3, -0.25) is 14.4 Å². The second-order valence-electron chi connectivity index (χ2n) is 7.77. The van der Waals surface area contributed by atoms with E-state index in [0.717, 1.165) is 23.0 Å². The second kappa shape index (κ2) is 9.38. The molecule has 11 heteroatoms. The fraction of sp³-hybridized carbons (Fsp3) is 0.217. The first kappa shape index (κ1) is 24.5. The smallest absolute Gasteiger partial charge is 0.416 e. The van der Waals surface area contributed by atoms with E-state index < -0.39 is 40.2 Å². The van der Waals surface area contributed by atoms with Gasteiger partial charge in [-0.1, -0.05) is 24.3 Å². The van der Waals surface area contributed by atoms with Gasteiger partial charge in [0.15, 0.2) is 11.4 Å². The summed E-state index contributed by atoms with van der Waals surface area (Å²) in [5.74, 6) is -1.88. The van der Waals surface area contributed by atoms with Gasteiger partial charge in [0.05, 0.1) is 24.6 Å². The van der Waals surface area contributed by atoms with Gasteiger partial charge in [-0.15, -0.1) is 0 Å². The van der Waals surface area contributed by atoms with Gasteiger partial charge >= 0.3 is 6.18 Å². The van der Waals surface area contributed by atoms with Crippen molar-refractivity contribution in [2.45, 2.75) is 25.6 Å². The number of alkyl halides is 3. The number of para-hydroxylation sites is 1. The maximum Gasteiger partial charge on any atom is 0.416 e. The fourth-order valence-corrected chi connectivity index (χ4v) is 2.93. The Kier molecular flexibility index (Phi) is 6.75. The summed E-state index contributed by atoms with van der Waals surface area (Å²) >= 11 is 0. The Morgan fingerprint density at radius 1 is 1.03 bits per heavy atom. The number of hydrogen-bond donors (Lipinski definition) is 2. The predicted octanol–water partition coefficient (Wildman–Crippen LogP) is 3.41. The van der Waals surface area contributed by atoms with Crippen LogP contribution in [0.25, 0.3) is 5.69 Å². The van der Waals surface area contributed by atoms with E-state index in [9.17, 15) is 27.6 Å². The first-order valence-electron chi connectivity index (χ1n) is 9.97. The molecule has 2 N–H and O–H groups in total. The molecular formula is C23H21F3N4O4. The molecule has 1 heterocycles. The summed E-state index contributed by atoms with van der Waals surface area (Å²) in [6.45, 7) is 2.85. The van der Waals surface area contributed by atoms with E-state index in [0.29, 0.717) is 5.69 Å². The van der Waals surface area contributed by atoms with Crippen molar-refractivity contribution in [2.24, 2.45) is 0 Å². The number of amides is 2. The minimum absolute atomic E-state index is 0.0525. The lowest BCUT2D eigenvalue weighted by atomic mass is 10.0. The average Bonchev–Trinajstić information content (AvgIpc) is 2.79. The van der Waals surface area contributed by atoms with Crippen molar-refractivity contribution < 1.29 is 27.5 Å². The largest absolute Gasteiger partial charge is 0.491 e. The quantitative estimate of drug-likeness (QED) is 0.570. The number of nitrogens with one attached hydrogen (secondary N) is 2. The van der Waals surface area contributed by atoms with E-state index in [2.05, 4.69) is 15.7 Å². The van der Waals surface area contributed by atoms with Crippen molar-refractivity contribution in [3.63, 3.8) is 0 Å². The van der Waals surface area contributed by atoms with Gasteiger partial charge in [0.2, 0.25) is 5.91 Å². The molecule has 0 spiro atoms. The van der Waals surface area contributed by atoms with Gasteiger partial charge in [-0.25, -0.2) is 4.68 Å². The highest BCUT2D eigenvalue weighted by Crippen LogP contribution is 2.30. The van der Waals surface area contributed by atoms with E-state index in [1.54, 1.807) is 30.3 Å². The molecule has 2 aromatic carbocycles. The molecule has 0 aliphatic rings. The molecule has 0 fully saturated rings. The third-order valence-corrected chi connectivity index (χ3v) is 4.78. The first-order valence-corrected chi connectivity index (χ1v) is 9.97. The van der Waals surface area contributed by atoms with Crippen molar-refractivity contribution in [3.8, 4) is 11.4 Å². The van der Waals surface area contributed by atoms with Gasteiger partial charge in [-0.05, 0) is 44.2 Å². The number of carbonyl (C=O) groups excluding carboxylic acids is 2. The SMILES string of the molecule is COc1cn(-c2cccc(C(F)(F)F)c2)nc(C(=O)NC(C)(C)C(=O)Nc2ccccc2)c1=O. The number of ether oxygens (including phenoxy) is 1. The molecule has 178 valence electrons. The van der Waals surface area contributed by atoms with E-state index in [4.69, 9.17) is 4.74 Å². The zero-order valence-electron chi connectivity index (χ0n) is 18.4. The normalized spacial score (nSPS) is 11.6. The van der Waals surface area contributed by atoms with Crippen LogP contribution >= 0.6 is 0 Å². The molecule has 0 aliphatic heterocycles. The molecule has 0 saturated carbocycles. The van der Waals surface area contributed by atoms with Gasteiger partial charge in [-0.2, -0.15) is 18.3 Å². The highest BCUT2D eigenvalue weighted by Gasteiger charge is 2.33. The van der Waals surface area contributed by atoms with Crippen LogP contribution in [0.4, 0.5) is 18.9 Å². The summed E-state index contributed by atoms with van der Waals surface area (Å²) < 4.78 is 45.3. The van der Waals surface area contributed by atoms with Crippen molar-refractivity contribution in [3.05, 3.63) is 82.3 Å². The van der Waals surface area contributed by atoms with Crippen molar-refractivity contribution in [2.75, 3.05) is 12.4 Å². The topological polar surface area (TPSA) is 102 Å². The molecule has 0 saturated heterocycles. The molecule has 34 heavy (non-hydrogen) atoms. The Hall–Kier alpha value is -4.15. The van der Waals surface area contributed by atoms with E-state index in [-0.39, 0.29) is 11.4 Å². The van der Waals surface area contributed by atoms with E-state index >= 15 is 0 Å². The van der Waals surface area contributed by atoms with Crippen molar-refractivity contribution >= 4 is 17.5 Å². The first-order chi connectivity index (χ1) is 15.9. The van der Waals surface area contributed by atoms with Gasteiger partial charge in [0.1, 0.15) is 5.54 Å². The summed E-state index contributed by atoms with van der Waals surface area (Å²) in [7, 11) is 1.17. The number of hydrogen-bond acceptors (Lipinski definition) is 5. The van der Waals surface area contributed by atoms with Crippen molar-refractivity contribution in [1.29, 1.82) is 0 Å². The Morgan fingerprint density at radius 3 is 2.32 bits per heavy atom. The maximum atomic E-state index is 13.1. The zero-order valence-corrected chi connectivity index (χ0v) is 18.4. The molecule has 0 atom stereocenters. The maximum absolute atomic E-state index is 13.1. The summed E-state index contributed by atoms with van der Waals surface area (Å²) in [6.07, 6.45) is -3.53. The Balaban J connectivity index is 1.94. The number of benzene rings is 2. The van der Waals surface area contributed by atoms with Crippen LogP contribution < -0.4 is 20.8 Å². The van der Waals surface area contributed by atoms with Crippen LogP contribution in [-0.2, 0) is 11.0 Å². The monoisotopic (exact) mass is 474 g/mol. The van der Waals surface area contributed by atoms with Crippen LogP contribution in [0.5, 0.6) is 5.75 Å². The summed E-state index contributed by atoms with van der Waals surface area (Å²) in [4.78, 5) is 38.2. The van der Waals surface area contributed by atoms with Crippen LogP contribution in [0.2, 0.25) is 0 Å². The average molecular weight is 474 g/mol. The molecule has 2 amide bonds. The van der Waals surface area contributed by atoms with Crippen molar-refractivity contribution in [1.82, 2.24) is 15.1 Å². The second-order valence-corrected chi connectivity index (χ2v) is 7.77. The summed E-state index contributed by atoms with van der Waals surface area (Å²) in [6, 6.07) is 12.7. The third kappa shape index (κ3) is 5.42. The van der Waals surface area contributed by atoms with Crippen LogP contribution in [-0.4, -0.2) is 34.2 Å². The van der Waals surface area contributed by atoms with Gasteiger partial charge in [0, 0.05) is 5.69 Å². The molecule has 0 aliphatic carbocycles. The highest BCUT2D eigenvalue weighted by molar-refractivity contribution is 6.02. The Bertz CT molecular complexity index is 1270. The number of halogens is 3. The molecule has 0 radical (unpaired) electrons. The number of anilines is 1. The van der Waals surface area contributed by atoms with Crippen LogP contribution in [0.3, 0.4) is 0 Å². The van der Waals surface area contributed by atoms with E-state index in [1.165, 1.54) is 33.1 Å². The van der Waals surface area contributed by atoms with Gasteiger partial charge < -0.3 is 15.4 Å². The number of methoxy groups -OCH3 is 1. The van der Waals surface area contributed by atoms with Gasteiger partial charge in [0.25, 0.3) is 11.3 Å². The lowest BCUT2D eigenvalue weighted by Crippen LogP contribution is -2.53. The standard InChI is InChI=1S/C23H21F3N4O4/c1-22(2,21(33)27-15-9-5-4-6-10-15)28-20(32)18-19(31)17(34-3)13-30(29-18)16-11-7-8-14(12-16)23(24,25)26/h4-13H,1-3H3,(H,27,33)(H,28,32).